The minimum Gasteiger partial charge on any atom is -0.478 e. The molecule has 1 unspecified atom stereocenters. The number of benzene rings is 1. The zero-order valence-corrected chi connectivity index (χ0v) is 18.3. The molecule has 176 valence electrons. The first kappa shape index (κ1) is 24.0. The summed E-state index contributed by atoms with van der Waals surface area (Å²) in [5.74, 6) is -2.18. The van der Waals surface area contributed by atoms with E-state index >= 15 is 0 Å². The molecule has 0 aliphatic rings. The van der Waals surface area contributed by atoms with Crippen molar-refractivity contribution in [2.75, 3.05) is 5.32 Å². The Morgan fingerprint density at radius 3 is 2.48 bits per heavy atom. The summed E-state index contributed by atoms with van der Waals surface area (Å²) in [5, 5.41) is 12.4. The SMILES string of the molecule is Cc1cc(C(C)Nc2ccccc2C(=O)O)c2nc(OS(=O)(=O)C(F)(F)F)c(C)c(=O)n2c1. The number of nitrogens with one attached hydrogen (secondary N) is 1. The van der Waals surface area contributed by atoms with Gasteiger partial charge in [-0.25, -0.2) is 4.79 Å². The molecule has 0 radical (unpaired) electrons. The molecule has 2 N–H and O–H groups in total. The minimum absolute atomic E-state index is 0.0254. The largest absolute Gasteiger partial charge is 0.534 e. The molecule has 0 bridgehead atoms. The maximum absolute atomic E-state index is 12.8. The first-order chi connectivity index (χ1) is 15.2. The van der Waals surface area contributed by atoms with Crippen molar-refractivity contribution in [1.29, 1.82) is 0 Å². The molecule has 9 nitrogen and oxygen atoms in total. The van der Waals surface area contributed by atoms with E-state index in [9.17, 15) is 36.3 Å². The van der Waals surface area contributed by atoms with Crippen molar-refractivity contribution in [2.45, 2.75) is 32.3 Å². The Bertz CT molecular complexity index is 1420. The van der Waals surface area contributed by atoms with Crippen LogP contribution in [0.15, 0.2) is 41.3 Å². The predicted molar refractivity (Wildman–Crippen MR) is 112 cm³/mol. The lowest BCUT2D eigenvalue weighted by molar-refractivity contribution is -0.0501. The van der Waals surface area contributed by atoms with E-state index in [2.05, 4.69) is 14.5 Å². The topological polar surface area (TPSA) is 127 Å². The smallest absolute Gasteiger partial charge is 0.478 e. The van der Waals surface area contributed by atoms with Gasteiger partial charge in [-0.3, -0.25) is 9.20 Å². The highest BCUT2D eigenvalue weighted by Gasteiger charge is 2.49. The van der Waals surface area contributed by atoms with Crippen LogP contribution in [0.1, 0.15) is 40.0 Å². The summed E-state index contributed by atoms with van der Waals surface area (Å²) in [6.45, 7) is 4.38. The minimum atomic E-state index is -6.06. The number of anilines is 1. The maximum atomic E-state index is 12.8. The van der Waals surface area contributed by atoms with E-state index in [1.54, 1.807) is 26.0 Å². The van der Waals surface area contributed by atoms with E-state index in [4.69, 9.17) is 0 Å². The van der Waals surface area contributed by atoms with E-state index in [-0.39, 0.29) is 16.9 Å². The second kappa shape index (κ2) is 8.39. The number of rotatable bonds is 6. The molecule has 0 spiro atoms. The van der Waals surface area contributed by atoms with E-state index < -0.39 is 44.6 Å². The number of aryl methyl sites for hydroxylation is 1. The van der Waals surface area contributed by atoms with Gasteiger partial charge in [0.05, 0.1) is 17.2 Å². The molecular formula is C20H18F3N3O6S. The number of aromatic nitrogens is 2. The zero-order valence-electron chi connectivity index (χ0n) is 17.5. The van der Waals surface area contributed by atoms with Crippen LogP contribution in [0.2, 0.25) is 0 Å². The normalized spacial score (nSPS) is 13.0. The van der Waals surface area contributed by atoms with Crippen LogP contribution >= 0.6 is 0 Å². The molecule has 0 aliphatic heterocycles. The molecule has 33 heavy (non-hydrogen) atoms. The first-order valence-corrected chi connectivity index (χ1v) is 10.8. The summed E-state index contributed by atoms with van der Waals surface area (Å²) < 4.78 is 66.5. The van der Waals surface area contributed by atoms with Gasteiger partial charge in [0.1, 0.15) is 5.65 Å². The van der Waals surface area contributed by atoms with Gasteiger partial charge in [0, 0.05) is 17.4 Å². The molecule has 1 atom stereocenters. The lowest BCUT2D eigenvalue weighted by Gasteiger charge is -2.20. The summed E-state index contributed by atoms with van der Waals surface area (Å²) in [6, 6.07) is 6.94. The second-order valence-corrected chi connectivity index (χ2v) is 8.75. The van der Waals surface area contributed by atoms with Crippen molar-refractivity contribution in [3.63, 3.8) is 0 Å². The summed E-state index contributed by atoms with van der Waals surface area (Å²) in [6.07, 6.45) is 1.39. The zero-order chi connectivity index (χ0) is 24.7. The van der Waals surface area contributed by atoms with Gasteiger partial charge in [-0.1, -0.05) is 12.1 Å². The average Bonchev–Trinajstić information content (AvgIpc) is 2.71. The predicted octanol–water partition coefficient (Wildman–Crippen LogP) is 3.41. The maximum Gasteiger partial charge on any atom is 0.534 e. The molecule has 0 saturated carbocycles. The number of carboxylic acids is 1. The summed E-state index contributed by atoms with van der Waals surface area (Å²) in [5.41, 5.74) is -6.01. The van der Waals surface area contributed by atoms with Crippen LogP contribution in [-0.4, -0.2) is 34.4 Å². The number of nitrogens with zero attached hydrogens (tertiary/aromatic N) is 2. The molecule has 13 heteroatoms. The average molecular weight is 485 g/mol. The Labute approximate surface area is 185 Å². The summed E-state index contributed by atoms with van der Waals surface area (Å²) in [7, 11) is -6.06. The van der Waals surface area contributed by atoms with Crippen LogP contribution in [0.25, 0.3) is 5.65 Å². The molecule has 0 saturated heterocycles. The Morgan fingerprint density at radius 2 is 1.88 bits per heavy atom. The van der Waals surface area contributed by atoms with E-state index in [1.165, 1.54) is 24.4 Å². The van der Waals surface area contributed by atoms with Crippen molar-refractivity contribution < 1.29 is 35.7 Å². The van der Waals surface area contributed by atoms with Gasteiger partial charge >= 0.3 is 21.6 Å². The number of aromatic carboxylic acids is 1. The van der Waals surface area contributed by atoms with Crippen molar-refractivity contribution in [2.24, 2.45) is 0 Å². The quantitative estimate of drug-likeness (QED) is 0.402. The van der Waals surface area contributed by atoms with Crippen LogP contribution < -0.4 is 15.1 Å². The summed E-state index contributed by atoms with van der Waals surface area (Å²) in [4.78, 5) is 28.2. The third-order valence-electron chi connectivity index (χ3n) is 4.74. The van der Waals surface area contributed by atoms with Gasteiger partial charge < -0.3 is 14.6 Å². The highest BCUT2D eigenvalue weighted by Crippen LogP contribution is 2.29. The number of hydrogen-bond acceptors (Lipinski definition) is 7. The molecular weight excluding hydrogens is 467 g/mol. The fraction of sp³-hybridized carbons (Fsp3) is 0.250. The number of fused-ring (bicyclic) bond motifs is 1. The Balaban J connectivity index is 2.18. The van der Waals surface area contributed by atoms with Crippen molar-refractivity contribution in [3.8, 4) is 5.88 Å². The third-order valence-corrected chi connectivity index (χ3v) is 5.68. The second-order valence-electron chi connectivity index (χ2n) is 7.21. The molecule has 3 aromatic rings. The van der Waals surface area contributed by atoms with E-state index in [0.29, 0.717) is 11.1 Å². The molecule has 2 heterocycles. The van der Waals surface area contributed by atoms with Crippen molar-refractivity contribution >= 4 is 27.4 Å². The van der Waals surface area contributed by atoms with Crippen LogP contribution in [-0.2, 0) is 10.1 Å². The number of alkyl halides is 3. The third kappa shape index (κ3) is 4.62. The highest BCUT2D eigenvalue weighted by molar-refractivity contribution is 7.87. The van der Waals surface area contributed by atoms with Gasteiger partial charge in [0.15, 0.2) is 0 Å². The Hall–Kier alpha value is -3.61. The van der Waals surface area contributed by atoms with Crippen molar-refractivity contribution in [3.05, 3.63) is 69.1 Å². The Morgan fingerprint density at radius 1 is 1.24 bits per heavy atom. The van der Waals surface area contributed by atoms with Gasteiger partial charge in [0.25, 0.3) is 5.56 Å². The number of halogens is 3. The van der Waals surface area contributed by atoms with Crippen LogP contribution in [0.3, 0.4) is 0 Å². The fourth-order valence-electron chi connectivity index (χ4n) is 3.13. The molecule has 1 aromatic carbocycles. The number of carbonyl (C=O) groups is 1. The van der Waals surface area contributed by atoms with Crippen LogP contribution in [0, 0.1) is 13.8 Å². The van der Waals surface area contributed by atoms with Crippen LogP contribution in [0.4, 0.5) is 18.9 Å². The Kier molecular flexibility index (Phi) is 6.11. The first-order valence-electron chi connectivity index (χ1n) is 9.36. The van der Waals surface area contributed by atoms with Gasteiger partial charge in [-0.15, -0.1) is 0 Å². The number of pyridine rings is 1. The summed E-state index contributed by atoms with van der Waals surface area (Å²) >= 11 is 0. The van der Waals surface area contributed by atoms with Gasteiger partial charge in [-0.05, 0) is 44.5 Å². The van der Waals surface area contributed by atoms with Gasteiger partial charge in [0.2, 0.25) is 5.88 Å². The highest BCUT2D eigenvalue weighted by atomic mass is 32.2. The van der Waals surface area contributed by atoms with E-state index in [0.717, 1.165) is 11.3 Å². The molecule has 3 rings (SSSR count). The van der Waals surface area contributed by atoms with Crippen LogP contribution in [0.5, 0.6) is 5.88 Å². The lowest BCUT2D eigenvalue weighted by Crippen LogP contribution is -2.30. The standard InChI is InChI=1S/C20H18F3N3O6S/c1-10-8-14(12(3)24-15-7-5-4-6-13(15)19(28)29)16-25-17(11(2)18(27)26(16)9-10)32-33(30,31)20(21,22)23/h4-9,12,24H,1-3H3,(H,28,29). The molecule has 2 aromatic heterocycles. The number of para-hydroxylation sites is 1. The monoisotopic (exact) mass is 485 g/mol. The molecule has 0 amide bonds. The van der Waals surface area contributed by atoms with Crippen molar-refractivity contribution in [1.82, 2.24) is 9.38 Å². The molecule has 0 fully saturated rings. The van der Waals surface area contributed by atoms with Gasteiger partial charge in [-0.2, -0.15) is 26.6 Å². The molecule has 0 aliphatic carbocycles. The van der Waals surface area contributed by atoms with E-state index in [1.807, 2.05) is 0 Å². The number of hydrogen-bond donors (Lipinski definition) is 2. The number of carboxylic acid groups (broad SMARTS) is 1. The lowest BCUT2D eigenvalue weighted by atomic mass is 10.1. The fourth-order valence-corrected chi connectivity index (χ4v) is 3.60.